The summed E-state index contributed by atoms with van der Waals surface area (Å²) in [5, 5.41) is 16.1. The van der Waals surface area contributed by atoms with Crippen molar-refractivity contribution in [3.63, 3.8) is 0 Å². The van der Waals surface area contributed by atoms with Crippen molar-refractivity contribution in [2.45, 2.75) is 6.92 Å². The average Bonchev–Trinajstić information content (AvgIpc) is 3.24. The van der Waals surface area contributed by atoms with Crippen LogP contribution in [0.25, 0.3) is 26.2 Å². The van der Waals surface area contributed by atoms with E-state index >= 15 is 0 Å². The highest BCUT2D eigenvalue weighted by atomic mass is 32.1. The van der Waals surface area contributed by atoms with E-state index in [1.54, 1.807) is 27.2 Å². The van der Waals surface area contributed by atoms with E-state index in [-0.39, 0.29) is 0 Å². The van der Waals surface area contributed by atoms with Crippen LogP contribution in [-0.2, 0) is 0 Å². The van der Waals surface area contributed by atoms with Gasteiger partial charge in [0, 0.05) is 5.56 Å². The van der Waals surface area contributed by atoms with Gasteiger partial charge >= 0.3 is 0 Å². The lowest BCUT2D eigenvalue weighted by Crippen LogP contribution is -1.93. The van der Waals surface area contributed by atoms with E-state index in [0.29, 0.717) is 6.61 Å². The summed E-state index contributed by atoms with van der Waals surface area (Å²) in [7, 11) is 0. The van der Waals surface area contributed by atoms with Crippen molar-refractivity contribution in [3.8, 4) is 27.0 Å². The molecule has 0 amide bonds. The molecule has 4 aromatic rings. The smallest absolute Gasteiger partial charge is 0.235 e. The van der Waals surface area contributed by atoms with Crippen molar-refractivity contribution in [2.24, 2.45) is 0 Å². The van der Waals surface area contributed by atoms with Crippen molar-refractivity contribution in [2.75, 3.05) is 6.61 Å². The second-order valence-electron chi connectivity index (χ2n) is 4.56. The van der Waals surface area contributed by atoms with Gasteiger partial charge in [0.1, 0.15) is 5.75 Å². The number of aromatic nitrogens is 4. The second-order valence-corrected chi connectivity index (χ2v) is 6.46. The maximum Gasteiger partial charge on any atom is 0.235 e. The Balaban J connectivity index is 1.75. The molecular weight excluding hydrogens is 316 g/mol. The highest BCUT2D eigenvalue weighted by molar-refractivity contribution is 7.23. The molecule has 0 aliphatic carbocycles. The fraction of sp³-hybridized carbons (Fsp3) is 0.133. The van der Waals surface area contributed by atoms with E-state index in [1.807, 2.05) is 42.6 Å². The lowest BCUT2D eigenvalue weighted by molar-refractivity contribution is 0.340. The zero-order valence-electron chi connectivity index (χ0n) is 11.8. The van der Waals surface area contributed by atoms with E-state index < -0.39 is 0 Å². The van der Waals surface area contributed by atoms with Crippen LogP contribution >= 0.6 is 22.7 Å². The van der Waals surface area contributed by atoms with Crippen LogP contribution in [0.5, 0.6) is 5.75 Å². The lowest BCUT2D eigenvalue weighted by Gasteiger charge is -2.03. The minimum Gasteiger partial charge on any atom is -0.494 e. The van der Waals surface area contributed by atoms with Gasteiger partial charge in [-0.25, -0.2) is 0 Å². The Kier molecular flexibility index (Phi) is 3.36. The quantitative estimate of drug-likeness (QED) is 0.568. The van der Waals surface area contributed by atoms with Crippen molar-refractivity contribution in [1.82, 2.24) is 19.8 Å². The first-order valence-electron chi connectivity index (χ1n) is 6.84. The minimum absolute atomic E-state index is 0.658. The summed E-state index contributed by atoms with van der Waals surface area (Å²) < 4.78 is 7.26. The third kappa shape index (κ3) is 2.28. The maximum atomic E-state index is 5.46. The van der Waals surface area contributed by atoms with Crippen LogP contribution in [0.3, 0.4) is 0 Å². The van der Waals surface area contributed by atoms with Gasteiger partial charge in [-0.1, -0.05) is 17.4 Å². The second kappa shape index (κ2) is 5.51. The molecule has 0 aliphatic heterocycles. The Labute approximate surface area is 134 Å². The summed E-state index contributed by atoms with van der Waals surface area (Å²) in [5.74, 6) is 1.60. The molecule has 0 aliphatic rings. The molecule has 3 heterocycles. The van der Waals surface area contributed by atoms with Crippen LogP contribution in [0.1, 0.15) is 6.92 Å². The van der Waals surface area contributed by atoms with Crippen LogP contribution in [0.4, 0.5) is 0 Å². The van der Waals surface area contributed by atoms with Crippen LogP contribution in [0.2, 0.25) is 0 Å². The average molecular weight is 328 g/mol. The molecular formula is C15H12N4OS2. The van der Waals surface area contributed by atoms with Gasteiger partial charge in [0.15, 0.2) is 10.8 Å². The molecule has 22 heavy (non-hydrogen) atoms. The molecule has 0 saturated carbocycles. The standard InChI is InChI=1S/C15H12N4OS2/c1-2-20-11-7-5-10(6-8-11)13-16-17-15-19(13)18-14(22-15)12-4-3-9-21-12/h3-9H,2H2,1H3. The molecule has 1 aromatic carbocycles. The van der Waals surface area contributed by atoms with Crippen molar-refractivity contribution in [1.29, 1.82) is 0 Å². The number of benzene rings is 1. The Morgan fingerprint density at radius 3 is 2.73 bits per heavy atom. The molecule has 0 saturated heterocycles. The zero-order chi connectivity index (χ0) is 14.9. The first-order chi connectivity index (χ1) is 10.8. The minimum atomic E-state index is 0.658. The first-order valence-corrected chi connectivity index (χ1v) is 8.54. The SMILES string of the molecule is CCOc1ccc(-c2nnc3sc(-c4cccs4)nn23)cc1. The number of hydrogen-bond acceptors (Lipinski definition) is 6. The number of ether oxygens (including phenoxy) is 1. The molecule has 0 N–H and O–H groups in total. The molecule has 0 unspecified atom stereocenters. The fourth-order valence-corrected chi connectivity index (χ4v) is 3.79. The maximum absolute atomic E-state index is 5.46. The van der Waals surface area contributed by atoms with E-state index in [4.69, 9.17) is 4.74 Å². The molecule has 3 aromatic heterocycles. The zero-order valence-corrected chi connectivity index (χ0v) is 13.4. The number of fused-ring (bicyclic) bond motifs is 1. The molecule has 7 heteroatoms. The molecule has 0 spiro atoms. The van der Waals surface area contributed by atoms with Crippen molar-refractivity contribution >= 4 is 27.6 Å². The normalized spacial score (nSPS) is 11.1. The highest BCUT2D eigenvalue weighted by Gasteiger charge is 2.14. The first kappa shape index (κ1) is 13.4. The Bertz CT molecular complexity index is 894. The molecule has 0 radical (unpaired) electrons. The van der Waals surface area contributed by atoms with E-state index in [2.05, 4.69) is 21.4 Å². The summed E-state index contributed by atoms with van der Waals surface area (Å²) in [5.41, 5.74) is 0.971. The van der Waals surface area contributed by atoms with Gasteiger partial charge in [0.25, 0.3) is 0 Å². The van der Waals surface area contributed by atoms with Gasteiger partial charge in [-0.3, -0.25) is 0 Å². The number of rotatable bonds is 4. The van der Waals surface area contributed by atoms with Gasteiger partial charge in [-0.05, 0) is 42.6 Å². The predicted octanol–water partition coefficient (Wildman–Crippen LogP) is 3.98. The van der Waals surface area contributed by atoms with E-state index in [9.17, 15) is 0 Å². The van der Waals surface area contributed by atoms with Crippen molar-refractivity contribution < 1.29 is 4.74 Å². The number of nitrogens with zero attached hydrogens (tertiary/aromatic N) is 4. The molecule has 5 nitrogen and oxygen atoms in total. The Morgan fingerprint density at radius 1 is 1.14 bits per heavy atom. The lowest BCUT2D eigenvalue weighted by atomic mass is 10.2. The molecule has 4 rings (SSSR count). The molecule has 0 bridgehead atoms. The topological polar surface area (TPSA) is 52.3 Å². The third-order valence-corrected chi connectivity index (χ3v) is 5.08. The monoisotopic (exact) mass is 328 g/mol. The predicted molar refractivity (Wildman–Crippen MR) is 88.6 cm³/mol. The Hall–Kier alpha value is -2.25. The van der Waals surface area contributed by atoms with Crippen LogP contribution in [0.15, 0.2) is 41.8 Å². The molecule has 0 atom stereocenters. The highest BCUT2D eigenvalue weighted by Crippen LogP contribution is 2.31. The van der Waals surface area contributed by atoms with Gasteiger partial charge in [-0.2, -0.15) is 9.61 Å². The van der Waals surface area contributed by atoms with Gasteiger partial charge < -0.3 is 4.74 Å². The van der Waals surface area contributed by atoms with E-state index in [1.165, 1.54) is 0 Å². The van der Waals surface area contributed by atoms with Crippen molar-refractivity contribution in [3.05, 3.63) is 41.8 Å². The summed E-state index contributed by atoms with van der Waals surface area (Å²) in [4.78, 5) is 1.94. The third-order valence-electron chi connectivity index (χ3n) is 3.15. The van der Waals surface area contributed by atoms with Gasteiger partial charge in [0.05, 0.1) is 11.5 Å². The molecule has 0 fully saturated rings. The van der Waals surface area contributed by atoms with E-state index in [0.717, 1.165) is 32.0 Å². The van der Waals surface area contributed by atoms with Crippen LogP contribution in [-0.4, -0.2) is 26.4 Å². The summed E-state index contributed by atoms with van der Waals surface area (Å²) in [6.45, 7) is 2.63. The van der Waals surface area contributed by atoms with Gasteiger partial charge in [-0.15, -0.1) is 21.5 Å². The van der Waals surface area contributed by atoms with Crippen LogP contribution < -0.4 is 4.74 Å². The van der Waals surface area contributed by atoms with Gasteiger partial charge in [0.2, 0.25) is 4.96 Å². The fourth-order valence-electron chi connectivity index (χ4n) is 2.16. The summed E-state index contributed by atoms with van der Waals surface area (Å²) in [6.07, 6.45) is 0. The van der Waals surface area contributed by atoms with Crippen LogP contribution in [0, 0.1) is 0 Å². The number of thiophene rings is 1. The molecule has 110 valence electrons. The summed E-state index contributed by atoms with van der Waals surface area (Å²) in [6, 6.07) is 11.9. The number of hydrogen-bond donors (Lipinski definition) is 0. The largest absolute Gasteiger partial charge is 0.494 e. The summed E-state index contributed by atoms with van der Waals surface area (Å²) >= 11 is 3.22. The Morgan fingerprint density at radius 2 is 2.00 bits per heavy atom.